The van der Waals surface area contributed by atoms with Gasteiger partial charge in [-0.15, -0.1) is 0 Å². The Bertz CT molecular complexity index is 390. The molecule has 1 aliphatic carbocycles. The van der Waals surface area contributed by atoms with E-state index in [0.717, 1.165) is 11.7 Å². The first-order valence-corrected chi connectivity index (χ1v) is 5.80. The first-order chi connectivity index (χ1) is 6.72. The Morgan fingerprint density at radius 2 is 2.57 bits per heavy atom. The lowest BCUT2D eigenvalue weighted by molar-refractivity contribution is 0.772. The summed E-state index contributed by atoms with van der Waals surface area (Å²) in [6, 6.07) is 0.516. The highest BCUT2D eigenvalue weighted by molar-refractivity contribution is 14.1. The second-order valence-electron chi connectivity index (χ2n) is 3.55. The van der Waals surface area contributed by atoms with E-state index < -0.39 is 0 Å². The Kier molecular flexibility index (Phi) is 2.76. The molecule has 2 unspecified atom stereocenters. The summed E-state index contributed by atoms with van der Waals surface area (Å²) < 4.78 is 0.645. The minimum Gasteiger partial charge on any atom is -0.366 e. The smallest absolute Gasteiger partial charge is 0.266 e. The van der Waals surface area contributed by atoms with E-state index in [2.05, 4.69) is 22.2 Å². The van der Waals surface area contributed by atoms with E-state index >= 15 is 0 Å². The molecule has 1 heterocycles. The normalized spacial score (nSPS) is 24.7. The number of nitrogens with zero attached hydrogens (tertiary/aromatic N) is 1. The van der Waals surface area contributed by atoms with Gasteiger partial charge in [-0.2, -0.15) is 0 Å². The molecule has 0 radical (unpaired) electrons. The number of aromatic nitrogens is 2. The molecule has 0 aromatic carbocycles. The molecule has 1 saturated carbocycles. The van der Waals surface area contributed by atoms with Gasteiger partial charge in [0.25, 0.3) is 5.56 Å². The zero-order valence-corrected chi connectivity index (χ0v) is 10.0. The van der Waals surface area contributed by atoms with Crippen molar-refractivity contribution in [2.45, 2.75) is 25.8 Å². The van der Waals surface area contributed by atoms with Gasteiger partial charge in [-0.3, -0.25) is 4.79 Å². The van der Waals surface area contributed by atoms with Crippen LogP contribution in [0.3, 0.4) is 0 Å². The van der Waals surface area contributed by atoms with Gasteiger partial charge in [0, 0.05) is 6.04 Å². The van der Waals surface area contributed by atoms with Gasteiger partial charge in [0.1, 0.15) is 9.39 Å². The lowest BCUT2D eigenvalue weighted by Crippen LogP contribution is -2.16. The van der Waals surface area contributed by atoms with Gasteiger partial charge in [0.2, 0.25) is 0 Å². The maximum Gasteiger partial charge on any atom is 0.266 e. The van der Waals surface area contributed by atoms with Crippen molar-refractivity contribution in [3.05, 3.63) is 20.3 Å². The second kappa shape index (κ2) is 3.88. The maximum absolute atomic E-state index is 11.2. The quantitative estimate of drug-likeness (QED) is 0.834. The van der Waals surface area contributed by atoms with Gasteiger partial charge in [-0.1, -0.05) is 13.3 Å². The van der Waals surface area contributed by atoms with Gasteiger partial charge in [0.05, 0.1) is 6.33 Å². The second-order valence-corrected chi connectivity index (χ2v) is 4.63. The van der Waals surface area contributed by atoms with Gasteiger partial charge in [-0.05, 0) is 34.9 Å². The fourth-order valence-electron chi connectivity index (χ4n) is 1.53. The fraction of sp³-hybridized carbons (Fsp3) is 0.556. The number of hydrogen-bond acceptors (Lipinski definition) is 3. The molecule has 2 N–H and O–H groups in total. The summed E-state index contributed by atoms with van der Waals surface area (Å²) in [5, 5.41) is 3.29. The first-order valence-electron chi connectivity index (χ1n) is 4.72. The number of H-pyrrole nitrogens is 1. The maximum atomic E-state index is 11.2. The Morgan fingerprint density at radius 3 is 3.21 bits per heavy atom. The Labute approximate surface area is 95.7 Å². The Balaban J connectivity index is 2.10. The number of hydrogen-bond donors (Lipinski definition) is 2. The molecule has 5 heteroatoms. The van der Waals surface area contributed by atoms with Crippen molar-refractivity contribution < 1.29 is 0 Å². The van der Waals surface area contributed by atoms with Crippen LogP contribution in [0.25, 0.3) is 0 Å². The van der Waals surface area contributed by atoms with Crippen LogP contribution >= 0.6 is 22.6 Å². The predicted octanol–water partition coefficient (Wildman–Crippen LogP) is 1.58. The summed E-state index contributed by atoms with van der Waals surface area (Å²) >= 11 is 2.02. The summed E-state index contributed by atoms with van der Waals surface area (Å²) in [6.07, 6.45) is 3.83. The molecular weight excluding hydrogens is 293 g/mol. The summed E-state index contributed by atoms with van der Waals surface area (Å²) in [7, 11) is 0. The molecule has 76 valence electrons. The van der Waals surface area contributed by atoms with Gasteiger partial charge < -0.3 is 10.3 Å². The highest BCUT2D eigenvalue weighted by atomic mass is 127. The third-order valence-corrected chi connectivity index (χ3v) is 3.57. The lowest BCUT2D eigenvalue weighted by Gasteiger charge is -2.04. The van der Waals surface area contributed by atoms with Gasteiger partial charge >= 0.3 is 0 Å². The van der Waals surface area contributed by atoms with Crippen molar-refractivity contribution in [2.75, 3.05) is 5.32 Å². The van der Waals surface area contributed by atoms with Crippen molar-refractivity contribution >= 4 is 28.4 Å². The van der Waals surface area contributed by atoms with Crippen molar-refractivity contribution in [1.29, 1.82) is 0 Å². The molecule has 0 amide bonds. The van der Waals surface area contributed by atoms with E-state index in [0.29, 0.717) is 9.61 Å². The molecule has 1 aliphatic rings. The molecule has 2 atom stereocenters. The van der Waals surface area contributed by atoms with Gasteiger partial charge in [-0.25, -0.2) is 4.98 Å². The standard InChI is InChI=1S/C9H12IN3O/c1-2-5-3-6(5)13-8-7(10)9(14)12-4-11-8/h4-6H,2-3H2,1H3,(H2,11,12,13,14). The minimum atomic E-state index is -0.0724. The van der Waals surface area contributed by atoms with Crippen molar-refractivity contribution in [1.82, 2.24) is 9.97 Å². The zero-order valence-electron chi connectivity index (χ0n) is 7.88. The number of nitrogens with one attached hydrogen (secondary N) is 2. The summed E-state index contributed by atoms with van der Waals surface area (Å²) in [6.45, 7) is 2.18. The van der Waals surface area contributed by atoms with Crippen LogP contribution in [0.1, 0.15) is 19.8 Å². The van der Waals surface area contributed by atoms with Crippen LogP contribution in [-0.4, -0.2) is 16.0 Å². The van der Waals surface area contributed by atoms with Crippen LogP contribution in [0.15, 0.2) is 11.1 Å². The van der Waals surface area contributed by atoms with E-state index in [1.165, 1.54) is 19.2 Å². The molecule has 1 aromatic rings. The van der Waals surface area contributed by atoms with Crippen molar-refractivity contribution in [2.24, 2.45) is 5.92 Å². The topological polar surface area (TPSA) is 57.8 Å². The largest absolute Gasteiger partial charge is 0.366 e. The van der Waals surface area contributed by atoms with Crippen LogP contribution in [0.5, 0.6) is 0 Å². The van der Waals surface area contributed by atoms with Crippen molar-refractivity contribution in [3.63, 3.8) is 0 Å². The van der Waals surface area contributed by atoms with Crippen LogP contribution < -0.4 is 10.9 Å². The highest BCUT2D eigenvalue weighted by Gasteiger charge is 2.35. The van der Waals surface area contributed by atoms with Crippen LogP contribution in [0, 0.1) is 9.49 Å². The first kappa shape index (κ1) is 9.95. The van der Waals surface area contributed by atoms with E-state index in [1.54, 1.807) is 0 Å². The number of anilines is 1. The Hall–Kier alpha value is -0.590. The predicted molar refractivity (Wildman–Crippen MR) is 63.4 cm³/mol. The molecule has 4 nitrogen and oxygen atoms in total. The summed E-state index contributed by atoms with van der Waals surface area (Å²) in [5.41, 5.74) is -0.0724. The number of halogens is 1. The number of rotatable bonds is 3. The highest BCUT2D eigenvalue weighted by Crippen LogP contribution is 2.35. The molecule has 14 heavy (non-hydrogen) atoms. The molecule has 0 saturated heterocycles. The van der Waals surface area contributed by atoms with E-state index in [9.17, 15) is 4.79 Å². The molecule has 1 fully saturated rings. The Morgan fingerprint density at radius 1 is 1.79 bits per heavy atom. The summed E-state index contributed by atoms with van der Waals surface area (Å²) in [4.78, 5) is 17.9. The van der Waals surface area contributed by atoms with Crippen LogP contribution in [0.2, 0.25) is 0 Å². The van der Waals surface area contributed by atoms with E-state index in [1.807, 2.05) is 22.6 Å². The van der Waals surface area contributed by atoms with Crippen LogP contribution in [-0.2, 0) is 0 Å². The summed E-state index contributed by atoms with van der Waals surface area (Å²) in [5.74, 6) is 1.47. The third-order valence-electron chi connectivity index (χ3n) is 2.57. The van der Waals surface area contributed by atoms with Gasteiger partial charge in [0.15, 0.2) is 0 Å². The third kappa shape index (κ3) is 1.92. The number of aromatic amines is 1. The molecule has 0 spiro atoms. The fourth-order valence-corrected chi connectivity index (χ4v) is 1.99. The average Bonchev–Trinajstić information content (AvgIpc) is 2.92. The molecule has 2 rings (SSSR count). The van der Waals surface area contributed by atoms with Crippen molar-refractivity contribution in [3.8, 4) is 0 Å². The van der Waals surface area contributed by atoms with Crippen LogP contribution in [0.4, 0.5) is 5.82 Å². The van der Waals surface area contributed by atoms with E-state index in [-0.39, 0.29) is 5.56 Å². The minimum absolute atomic E-state index is 0.0724. The lowest BCUT2D eigenvalue weighted by atomic mass is 10.3. The monoisotopic (exact) mass is 305 g/mol. The molecule has 1 aromatic heterocycles. The average molecular weight is 305 g/mol. The SMILES string of the molecule is CCC1CC1Nc1nc[nH]c(=O)c1I. The van der Waals surface area contributed by atoms with E-state index in [4.69, 9.17) is 0 Å². The molecule has 0 aliphatic heterocycles. The molecular formula is C9H12IN3O. The molecule has 0 bridgehead atoms. The zero-order chi connectivity index (χ0) is 10.1.